The van der Waals surface area contributed by atoms with E-state index in [-0.39, 0.29) is 4.90 Å². The van der Waals surface area contributed by atoms with Crippen LogP contribution in [-0.4, -0.2) is 37.4 Å². The van der Waals surface area contributed by atoms with E-state index in [1.54, 1.807) is 26.0 Å². The molecule has 0 heterocycles. The summed E-state index contributed by atoms with van der Waals surface area (Å²) in [5.74, 6) is -1.18. The molecule has 1 rings (SSSR count). The van der Waals surface area contributed by atoms with Crippen molar-refractivity contribution in [1.29, 1.82) is 0 Å². The van der Waals surface area contributed by atoms with Gasteiger partial charge < -0.3 is 5.11 Å². The van der Waals surface area contributed by atoms with Gasteiger partial charge in [-0.2, -0.15) is 4.31 Å². The lowest BCUT2D eigenvalue weighted by molar-refractivity contribution is -0.137. The summed E-state index contributed by atoms with van der Waals surface area (Å²) in [6.45, 7) is 2.92. The Balaban J connectivity index is 3.21. The number of rotatable bonds is 4. The van der Waals surface area contributed by atoms with Crippen molar-refractivity contribution in [1.82, 2.24) is 4.31 Å². The SMILES string of the molecule is Cc1ccc(C)c(S(=O)(=O)N(C)CC(=O)O)c1. The molecule has 0 saturated heterocycles. The van der Waals surface area contributed by atoms with E-state index >= 15 is 0 Å². The number of hydrogen-bond donors (Lipinski definition) is 1. The van der Waals surface area contributed by atoms with Gasteiger partial charge in [-0.1, -0.05) is 12.1 Å². The van der Waals surface area contributed by atoms with E-state index in [0.29, 0.717) is 5.56 Å². The number of carbonyl (C=O) groups is 1. The lowest BCUT2D eigenvalue weighted by Crippen LogP contribution is -2.32. The third-order valence-electron chi connectivity index (χ3n) is 2.39. The number of benzene rings is 1. The number of aryl methyl sites for hydroxylation is 2. The van der Waals surface area contributed by atoms with Crippen LogP contribution in [0.15, 0.2) is 23.1 Å². The summed E-state index contributed by atoms with van der Waals surface area (Å²) in [5.41, 5.74) is 1.42. The number of aliphatic carboxylic acids is 1. The molecule has 1 aromatic carbocycles. The number of carboxylic acids is 1. The van der Waals surface area contributed by atoms with Crippen LogP contribution in [0.2, 0.25) is 0 Å². The molecule has 0 fully saturated rings. The van der Waals surface area contributed by atoms with Crippen molar-refractivity contribution in [3.8, 4) is 0 Å². The van der Waals surface area contributed by atoms with Crippen molar-refractivity contribution in [2.45, 2.75) is 18.7 Å². The van der Waals surface area contributed by atoms with Gasteiger partial charge >= 0.3 is 5.97 Å². The molecule has 0 bridgehead atoms. The second kappa shape index (κ2) is 4.85. The zero-order valence-corrected chi connectivity index (χ0v) is 10.8. The molecule has 94 valence electrons. The summed E-state index contributed by atoms with van der Waals surface area (Å²) in [6, 6.07) is 5.06. The molecule has 0 saturated carbocycles. The summed E-state index contributed by atoms with van der Waals surface area (Å²) < 4.78 is 25.0. The average Bonchev–Trinajstić information content (AvgIpc) is 2.20. The number of hydrogen-bond acceptors (Lipinski definition) is 3. The molecule has 6 heteroatoms. The smallest absolute Gasteiger partial charge is 0.318 e. The molecule has 0 aromatic heterocycles. The van der Waals surface area contributed by atoms with Crippen molar-refractivity contribution < 1.29 is 18.3 Å². The fraction of sp³-hybridized carbons (Fsp3) is 0.364. The van der Waals surface area contributed by atoms with Gasteiger partial charge in [-0.15, -0.1) is 0 Å². The minimum atomic E-state index is -3.73. The van der Waals surface area contributed by atoms with Crippen LogP contribution in [0.3, 0.4) is 0 Å². The highest BCUT2D eigenvalue weighted by atomic mass is 32.2. The van der Waals surface area contributed by atoms with Gasteiger partial charge in [0.25, 0.3) is 0 Å². The van der Waals surface area contributed by atoms with E-state index in [4.69, 9.17) is 5.11 Å². The zero-order valence-electron chi connectivity index (χ0n) is 9.97. The number of carboxylic acid groups (broad SMARTS) is 1. The molecule has 0 radical (unpaired) electrons. The molecule has 0 unspecified atom stereocenters. The Hall–Kier alpha value is -1.40. The maximum Gasteiger partial charge on any atom is 0.318 e. The van der Waals surface area contributed by atoms with Gasteiger partial charge in [-0.3, -0.25) is 4.79 Å². The van der Waals surface area contributed by atoms with Crippen LogP contribution in [0.1, 0.15) is 11.1 Å². The fourth-order valence-electron chi connectivity index (χ4n) is 1.43. The predicted molar refractivity (Wildman–Crippen MR) is 63.4 cm³/mol. The van der Waals surface area contributed by atoms with Gasteiger partial charge in [0, 0.05) is 7.05 Å². The Bertz CT molecular complexity index is 536. The summed E-state index contributed by atoms with van der Waals surface area (Å²) in [6.07, 6.45) is 0. The highest BCUT2D eigenvalue weighted by Gasteiger charge is 2.24. The topological polar surface area (TPSA) is 74.7 Å². The first-order chi connectivity index (χ1) is 7.75. The minimum absolute atomic E-state index is 0.154. The van der Waals surface area contributed by atoms with Crippen LogP contribution in [-0.2, 0) is 14.8 Å². The first kappa shape index (κ1) is 13.7. The van der Waals surface area contributed by atoms with Crippen molar-refractivity contribution in [3.05, 3.63) is 29.3 Å². The van der Waals surface area contributed by atoms with Crippen molar-refractivity contribution in [2.24, 2.45) is 0 Å². The predicted octanol–water partition coefficient (Wildman–Crippen LogP) is 1.01. The lowest BCUT2D eigenvalue weighted by Gasteiger charge is -2.16. The Morgan fingerprint density at radius 2 is 1.94 bits per heavy atom. The second-order valence-electron chi connectivity index (χ2n) is 3.92. The maximum absolute atomic E-state index is 12.1. The van der Waals surface area contributed by atoms with Gasteiger partial charge in [-0.05, 0) is 31.0 Å². The van der Waals surface area contributed by atoms with Crippen LogP contribution in [0, 0.1) is 13.8 Å². The highest BCUT2D eigenvalue weighted by Crippen LogP contribution is 2.19. The first-order valence-electron chi connectivity index (χ1n) is 5.00. The molecule has 0 aliphatic carbocycles. The average molecular weight is 257 g/mol. The summed E-state index contributed by atoms with van der Waals surface area (Å²) >= 11 is 0. The van der Waals surface area contributed by atoms with Crippen LogP contribution in [0.4, 0.5) is 0 Å². The molecule has 0 spiro atoms. The Labute approximate surface area is 101 Å². The van der Waals surface area contributed by atoms with E-state index in [9.17, 15) is 13.2 Å². The molecule has 17 heavy (non-hydrogen) atoms. The first-order valence-corrected chi connectivity index (χ1v) is 6.44. The third-order valence-corrected chi connectivity index (χ3v) is 4.34. The molecule has 1 aromatic rings. The second-order valence-corrected chi connectivity index (χ2v) is 5.94. The molecule has 5 nitrogen and oxygen atoms in total. The van der Waals surface area contributed by atoms with Crippen molar-refractivity contribution >= 4 is 16.0 Å². The van der Waals surface area contributed by atoms with Crippen LogP contribution < -0.4 is 0 Å². The lowest BCUT2D eigenvalue weighted by atomic mass is 10.2. The minimum Gasteiger partial charge on any atom is -0.480 e. The molecule has 0 aliphatic heterocycles. The van der Waals surface area contributed by atoms with Crippen molar-refractivity contribution in [3.63, 3.8) is 0 Å². The van der Waals surface area contributed by atoms with Gasteiger partial charge in [0.1, 0.15) is 6.54 Å². The quantitative estimate of drug-likeness (QED) is 0.873. The third kappa shape index (κ3) is 3.04. The summed E-state index contributed by atoms with van der Waals surface area (Å²) in [7, 11) is -2.48. The van der Waals surface area contributed by atoms with Gasteiger partial charge in [0.15, 0.2) is 0 Å². The van der Waals surface area contributed by atoms with E-state index in [2.05, 4.69) is 0 Å². The van der Waals surface area contributed by atoms with E-state index < -0.39 is 22.5 Å². The normalized spacial score (nSPS) is 11.8. The molecule has 0 aliphatic rings. The maximum atomic E-state index is 12.1. The summed E-state index contributed by atoms with van der Waals surface area (Å²) in [4.78, 5) is 10.7. The van der Waals surface area contributed by atoms with Gasteiger partial charge in [0.05, 0.1) is 4.90 Å². The molecule has 0 atom stereocenters. The van der Waals surface area contributed by atoms with E-state index in [1.807, 2.05) is 6.07 Å². The van der Waals surface area contributed by atoms with Crippen LogP contribution in [0.25, 0.3) is 0 Å². The Kier molecular flexibility index (Phi) is 3.90. The van der Waals surface area contributed by atoms with Crippen molar-refractivity contribution in [2.75, 3.05) is 13.6 Å². The van der Waals surface area contributed by atoms with E-state index in [0.717, 1.165) is 9.87 Å². The number of nitrogens with zero attached hydrogens (tertiary/aromatic N) is 1. The Morgan fingerprint density at radius 3 is 2.47 bits per heavy atom. The highest BCUT2D eigenvalue weighted by molar-refractivity contribution is 7.89. The fourth-order valence-corrected chi connectivity index (χ4v) is 2.85. The van der Waals surface area contributed by atoms with Crippen LogP contribution >= 0.6 is 0 Å². The molecule has 0 amide bonds. The van der Waals surface area contributed by atoms with Gasteiger partial charge in [0.2, 0.25) is 10.0 Å². The monoisotopic (exact) mass is 257 g/mol. The van der Waals surface area contributed by atoms with Gasteiger partial charge in [-0.25, -0.2) is 8.42 Å². The number of sulfonamides is 1. The number of likely N-dealkylation sites (N-methyl/N-ethyl adjacent to an activating group) is 1. The molecular weight excluding hydrogens is 242 g/mol. The van der Waals surface area contributed by atoms with E-state index in [1.165, 1.54) is 7.05 Å². The largest absolute Gasteiger partial charge is 0.480 e. The van der Waals surface area contributed by atoms with Crippen LogP contribution in [0.5, 0.6) is 0 Å². The molecular formula is C11H15NO4S. The standard InChI is InChI=1S/C11H15NO4S/c1-8-4-5-9(2)10(6-8)17(15,16)12(3)7-11(13)14/h4-6H,7H2,1-3H3,(H,13,14). The summed E-state index contributed by atoms with van der Waals surface area (Å²) in [5, 5.41) is 8.61. The Morgan fingerprint density at radius 1 is 1.35 bits per heavy atom. The molecule has 1 N–H and O–H groups in total. The zero-order chi connectivity index (χ0) is 13.2.